The van der Waals surface area contributed by atoms with Crippen molar-refractivity contribution < 1.29 is 9.90 Å². The summed E-state index contributed by atoms with van der Waals surface area (Å²) in [6.07, 6.45) is 9.46. The van der Waals surface area contributed by atoms with Crippen LogP contribution >= 0.6 is 0 Å². The first-order valence-corrected chi connectivity index (χ1v) is 11.8. The summed E-state index contributed by atoms with van der Waals surface area (Å²) in [4.78, 5) is 16.9. The van der Waals surface area contributed by atoms with E-state index in [2.05, 4.69) is 33.5 Å². The molecule has 6 nitrogen and oxygen atoms in total. The fourth-order valence-corrected chi connectivity index (χ4v) is 5.08. The van der Waals surface area contributed by atoms with Crippen LogP contribution in [0.5, 0.6) is 0 Å². The molecule has 0 radical (unpaired) electrons. The van der Waals surface area contributed by atoms with Gasteiger partial charge in [0.25, 0.3) is 5.91 Å². The zero-order chi connectivity index (χ0) is 22.8. The van der Waals surface area contributed by atoms with Crippen molar-refractivity contribution in [3.8, 4) is 0 Å². The Labute approximate surface area is 194 Å². The molecule has 5 rings (SSSR count). The van der Waals surface area contributed by atoms with Crippen LogP contribution in [0.25, 0.3) is 0 Å². The van der Waals surface area contributed by atoms with Gasteiger partial charge in [0.15, 0.2) is 0 Å². The van der Waals surface area contributed by atoms with Gasteiger partial charge in [0.2, 0.25) is 0 Å². The SMILES string of the molecule is Cc1ccccc1C(=O)NCc1ccc(C2=NN(C3CCCC(O)C3)C3C=CN=CC23)cc1. The van der Waals surface area contributed by atoms with Crippen LogP contribution < -0.4 is 5.32 Å². The van der Waals surface area contributed by atoms with Crippen LogP contribution in [0.1, 0.15) is 52.7 Å². The standard InChI is InChI=1S/C27H30N4O2/c1-18-5-2-3-8-23(18)27(33)29-16-19-9-11-20(12-10-19)26-24-17-28-14-13-25(24)31(30-26)21-6-4-7-22(32)15-21/h2-3,5,8-14,17,21-22,24-25,32H,4,6-7,15-16H2,1H3,(H,29,33). The number of nitrogens with one attached hydrogen (secondary N) is 1. The Kier molecular flexibility index (Phi) is 6.09. The van der Waals surface area contributed by atoms with Crippen molar-refractivity contribution >= 4 is 17.8 Å². The van der Waals surface area contributed by atoms with Crippen molar-refractivity contribution in [2.75, 3.05) is 0 Å². The number of carbonyl (C=O) groups excluding carboxylic acids is 1. The van der Waals surface area contributed by atoms with Gasteiger partial charge < -0.3 is 10.4 Å². The second-order valence-electron chi connectivity index (χ2n) is 9.19. The summed E-state index contributed by atoms with van der Waals surface area (Å²) in [5.41, 5.74) is 4.80. The zero-order valence-electron chi connectivity index (χ0n) is 18.9. The third kappa shape index (κ3) is 4.48. The number of fused-ring (bicyclic) bond motifs is 1. The molecule has 6 heteroatoms. The Bertz CT molecular complexity index is 1110. The average Bonchev–Trinajstić information content (AvgIpc) is 3.23. The number of nitrogens with zero attached hydrogens (tertiary/aromatic N) is 3. The average molecular weight is 443 g/mol. The topological polar surface area (TPSA) is 77.3 Å². The predicted octanol–water partition coefficient (Wildman–Crippen LogP) is 3.83. The van der Waals surface area contributed by atoms with Gasteiger partial charge in [-0.15, -0.1) is 0 Å². The van der Waals surface area contributed by atoms with Gasteiger partial charge in [-0.05, 0) is 61.4 Å². The molecule has 3 aliphatic rings. The van der Waals surface area contributed by atoms with Gasteiger partial charge in [-0.1, -0.05) is 42.5 Å². The highest BCUT2D eigenvalue weighted by Crippen LogP contribution is 2.34. The Hall–Kier alpha value is -3.25. The summed E-state index contributed by atoms with van der Waals surface area (Å²) in [7, 11) is 0. The molecule has 33 heavy (non-hydrogen) atoms. The molecule has 0 spiro atoms. The number of aliphatic imine (C=N–C) groups is 1. The van der Waals surface area contributed by atoms with Crippen LogP contribution in [0.3, 0.4) is 0 Å². The van der Waals surface area contributed by atoms with E-state index in [1.165, 1.54) is 0 Å². The predicted molar refractivity (Wildman–Crippen MR) is 130 cm³/mol. The lowest BCUT2D eigenvalue weighted by Crippen LogP contribution is -2.43. The quantitative estimate of drug-likeness (QED) is 0.739. The van der Waals surface area contributed by atoms with E-state index in [9.17, 15) is 9.90 Å². The van der Waals surface area contributed by atoms with Gasteiger partial charge in [-0.25, -0.2) is 0 Å². The first-order valence-electron chi connectivity index (χ1n) is 11.8. The molecule has 1 amide bonds. The first kappa shape index (κ1) is 21.6. The molecule has 2 heterocycles. The molecule has 0 bridgehead atoms. The van der Waals surface area contributed by atoms with E-state index in [4.69, 9.17) is 5.10 Å². The number of benzene rings is 2. The van der Waals surface area contributed by atoms with Crippen LogP contribution in [0, 0.1) is 12.8 Å². The number of hydrazone groups is 1. The number of amides is 1. The van der Waals surface area contributed by atoms with E-state index >= 15 is 0 Å². The normalized spacial score (nSPS) is 26.1. The molecule has 4 atom stereocenters. The molecular weight excluding hydrogens is 412 g/mol. The van der Waals surface area contributed by atoms with Crippen molar-refractivity contribution in [1.82, 2.24) is 10.3 Å². The fourth-order valence-electron chi connectivity index (χ4n) is 5.08. The highest BCUT2D eigenvalue weighted by Gasteiger charge is 2.40. The number of hydrogen-bond acceptors (Lipinski definition) is 5. The molecule has 0 aromatic heterocycles. The largest absolute Gasteiger partial charge is 0.393 e. The third-order valence-electron chi connectivity index (χ3n) is 6.91. The minimum absolute atomic E-state index is 0.0595. The second-order valence-corrected chi connectivity index (χ2v) is 9.19. The third-order valence-corrected chi connectivity index (χ3v) is 6.91. The molecule has 1 fully saturated rings. The van der Waals surface area contributed by atoms with E-state index in [1.807, 2.05) is 55.7 Å². The van der Waals surface area contributed by atoms with E-state index in [0.29, 0.717) is 12.1 Å². The molecule has 0 saturated heterocycles. The zero-order valence-corrected chi connectivity index (χ0v) is 18.9. The lowest BCUT2D eigenvalue weighted by Gasteiger charge is -2.36. The molecule has 1 aliphatic carbocycles. The second kappa shape index (κ2) is 9.32. The van der Waals surface area contributed by atoms with E-state index in [-0.39, 0.29) is 30.0 Å². The smallest absolute Gasteiger partial charge is 0.251 e. The van der Waals surface area contributed by atoms with Gasteiger partial charge in [0.1, 0.15) is 0 Å². The molecule has 1 saturated carbocycles. The Morgan fingerprint density at radius 2 is 1.97 bits per heavy atom. The van der Waals surface area contributed by atoms with E-state index in [1.54, 1.807) is 0 Å². The molecule has 170 valence electrons. The summed E-state index contributed by atoms with van der Waals surface area (Å²) in [5, 5.41) is 20.4. The minimum Gasteiger partial charge on any atom is -0.393 e. The first-order chi connectivity index (χ1) is 16.1. The summed E-state index contributed by atoms with van der Waals surface area (Å²) in [6.45, 7) is 2.42. The van der Waals surface area contributed by atoms with Crippen molar-refractivity contribution in [3.05, 3.63) is 83.1 Å². The molecule has 2 aliphatic heterocycles. The van der Waals surface area contributed by atoms with Gasteiger partial charge >= 0.3 is 0 Å². The lowest BCUT2D eigenvalue weighted by molar-refractivity contribution is 0.0551. The Morgan fingerprint density at radius 3 is 2.76 bits per heavy atom. The molecule has 4 unspecified atom stereocenters. The maximum absolute atomic E-state index is 12.5. The van der Waals surface area contributed by atoms with Crippen molar-refractivity contribution in [1.29, 1.82) is 0 Å². The Balaban J connectivity index is 1.30. The van der Waals surface area contributed by atoms with Crippen molar-refractivity contribution in [2.24, 2.45) is 16.0 Å². The number of aliphatic hydroxyl groups is 1. The number of hydrogen-bond donors (Lipinski definition) is 2. The number of rotatable bonds is 5. The maximum atomic E-state index is 12.5. The molecule has 2 aromatic carbocycles. The maximum Gasteiger partial charge on any atom is 0.251 e. The Morgan fingerprint density at radius 1 is 1.15 bits per heavy atom. The van der Waals surface area contributed by atoms with Crippen molar-refractivity contribution in [3.63, 3.8) is 0 Å². The number of aryl methyl sites for hydroxylation is 1. The summed E-state index contributed by atoms with van der Waals surface area (Å²) in [6, 6.07) is 16.3. The van der Waals surface area contributed by atoms with E-state index in [0.717, 1.165) is 48.1 Å². The van der Waals surface area contributed by atoms with Crippen LogP contribution in [0.15, 0.2) is 70.9 Å². The van der Waals surface area contributed by atoms with E-state index < -0.39 is 0 Å². The lowest BCUT2D eigenvalue weighted by atomic mass is 9.88. The monoisotopic (exact) mass is 442 g/mol. The van der Waals surface area contributed by atoms with Crippen molar-refractivity contribution in [2.45, 2.75) is 57.3 Å². The van der Waals surface area contributed by atoms with Gasteiger partial charge in [0.05, 0.1) is 29.8 Å². The summed E-state index contributed by atoms with van der Waals surface area (Å²) in [5.74, 6) is 0.0522. The fraction of sp³-hybridized carbons (Fsp3) is 0.370. The van der Waals surface area contributed by atoms with Crippen LogP contribution in [-0.4, -0.2) is 46.1 Å². The summed E-state index contributed by atoms with van der Waals surface area (Å²) >= 11 is 0. The highest BCUT2D eigenvalue weighted by atomic mass is 16.3. The molecule has 2 aromatic rings. The molecular formula is C27H30N4O2. The highest BCUT2D eigenvalue weighted by molar-refractivity contribution is 6.11. The summed E-state index contributed by atoms with van der Waals surface area (Å²) < 4.78 is 0. The van der Waals surface area contributed by atoms with Crippen LogP contribution in [0.4, 0.5) is 0 Å². The van der Waals surface area contributed by atoms with Gasteiger partial charge in [0, 0.05) is 24.5 Å². The number of carbonyl (C=O) groups is 1. The molecule has 2 N–H and O–H groups in total. The minimum atomic E-state index is -0.239. The number of aliphatic hydroxyl groups excluding tert-OH is 1. The van der Waals surface area contributed by atoms with Crippen LogP contribution in [0.2, 0.25) is 0 Å². The van der Waals surface area contributed by atoms with Gasteiger partial charge in [-0.2, -0.15) is 5.10 Å². The van der Waals surface area contributed by atoms with Crippen LogP contribution in [-0.2, 0) is 6.54 Å². The van der Waals surface area contributed by atoms with Gasteiger partial charge in [-0.3, -0.25) is 14.8 Å².